The van der Waals surface area contributed by atoms with Gasteiger partial charge in [-0.2, -0.15) is 0 Å². The topological polar surface area (TPSA) is 18.5 Å². The molecule has 7 fully saturated rings. The van der Waals surface area contributed by atoms with E-state index in [9.17, 15) is 0 Å². The standard InChI is InChI=1S/C11H22.C11H16.C10H13Cl.C10H20.C10H14.C9H18.2C8H16O.C8H16.C7H14/c1-9(2)7-11-6-4-5-10(3)8-11;1-10(2)8-9-11-6-4-3-5-7-11;1-8(2)7-9-5-3-4-6-10(9)11;2*1-9(2)8-10-6-4-3-5-7-10;1-8(2)7-9-5-3-4-6-9;1-7(2)5-8-3-4-9-6-8;1-7(2)6-8-4-3-5-9-8;1-7(2)6-8-4-3-5-8;1-6(2)5-7-3-4-7/h9-11H,4-8H2,1-3H3;3-7,10H,8-9H2,1-2H3;3-6,8H,7H2,1-2H3;9-10H,3-8H2,1-2H3;3-7,9H,8H2,1-2H3;8-9H,3-7H2,1-2H3;2*7-8H,3-6H2,1-2H3;7-8H,3-6H2,1-2H3;6-7H,3-5H2,1-2H3. The summed E-state index contributed by atoms with van der Waals surface area (Å²) in [6, 6.07) is 29.3. The van der Waals surface area contributed by atoms with E-state index >= 15 is 0 Å². The second-order valence-electron chi connectivity index (χ2n) is 35.5. The van der Waals surface area contributed by atoms with E-state index in [1.54, 1.807) is 0 Å². The summed E-state index contributed by atoms with van der Waals surface area (Å²) in [5.41, 5.74) is 4.16. The molecule has 3 heteroatoms. The molecule has 7 aliphatic rings. The van der Waals surface area contributed by atoms with Crippen LogP contribution in [-0.4, -0.2) is 25.9 Å². The van der Waals surface area contributed by atoms with Crippen LogP contribution >= 0.6 is 11.6 Å². The zero-order valence-electron chi connectivity index (χ0n) is 67.4. The van der Waals surface area contributed by atoms with Crippen LogP contribution in [0.15, 0.2) is 84.9 Å². The quantitative estimate of drug-likeness (QED) is 0.106. The lowest BCUT2D eigenvalue weighted by molar-refractivity contribution is 0.0939. The smallest absolute Gasteiger partial charge is 0.0578 e. The average molecular weight is 1340 g/mol. The van der Waals surface area contributed by atoms with Crippen molar-refractivity contribution >= 4 is 11.6 Å². The summed E-state index contributed by atoms with van der Waals surface area (Å²) < 4.78 is 10.7. The zero-order valence-corrected chi connectivity index (χ0v) is 68.2. The van der Waals surface area contributed by atoms with Crippen LogP contribution in [0.1, 0.15) is 348 Å². The van der Waals surface area contributed by atoms with E-state index in [4.69, 9.17) is 21.1 Å². The molecule has 0 amide bonds. The van der Waals surface area contributed by atoms with E-state index in [0.717, 1.165) is 126 Å². The number of halogens is 1. The van der Waals surface area contributed by atoms with Gasteiger partial charge in [-0.3, -0.25) is 0 Å². The minimum absolute atomic E-state index is 0.588. The summed E-state index contributed by atoms with van der Waals surface area (Å²) in [4.78, 5) is 0. The molecule has 0 N–H and O–H groups in total. The van der Waals surface area contributed by atoms with E-state index in [1.807, 2.05) is 18.2 Å². The molecule has 3 aromatic rings. The molecule has 5 saturated carbocycles. The van der Waals surface area contributed by atoms with Crippen molar-refractivity contribution in [1.29, 1.82) is 0 Å². The van der Waals surface area contributed by atoms with Gasteiger partial charge in [-0.25, -0.2) is 0 Å². The van der Waals surface area contributed by atoms with Gasteiger partial charge in [0.05, 0.1) is 6.10 Å². The highest BCUT2D eigenvalue weighted by atomic mass is 35.5. The molecule has 2 aliphatic heterocycles. The summed E-state index contributed by atoms with van der Waals surface area (Å²) >= 11 is 5.97. The lowest BCUT2D eigenvalue weighted by atomic mass is 9.79. The Labute approximate surface area is 601 Å². The Morgan fingerprint density at radius 1 is 0.337 bits per heavy atom. The van der Waals surface area contributed by atoms with Crippen LogP contribution in [0.4, 0.5) is 0 Å². The minimum Gasteiger partial charge on any atom is -0.381 e. The van der Waals surface area contributed by atoms with Gasteiger partial charge in [-0.15, -0.1) is 0 Å². The first kappa shape index (κ1) is 90.9. The predicted molar refractivity (Wildman–Crippen MR) is 428 cm³/mol. The van der Waals surface area contributed by atoms with Gasteiger partial charge in [0, 0.05) is 24.8 Å². The van der Waals surface area contributed by atoms with E-state index < -0.39 is 0 Å². The lowest BCUT2D eigenvalue weighted by Crippen LogP contribution is -2.14. The molecule has 95 heavy (non-hydrogen) atoms. The monoisotopic (exact) mass is 1340 g/mol. The summed E-state index contributed by atoms with van der Waals surface area (Å²) in [7, 11) is 0. The number of hydrogen-bond donors (Lipinski definition) is 0. The van der Waals surface area contributed by atoms with Crippen molar-refractivity contribution in [2.45, 2.75) is 357 Å². The van der Waals surface area contributed by atoms with Crippen molar-refractivity contribution in [1.82, 2.24) is 0 Å². The molecule has 3 aromatic carbocycles. The van der Waals surface area contributed by atoms with Crippen molar-refractivity contribution in [2.75, 3.05) is 19.8 Å². The molecular formula is C92H165ClO2. The van der Waals surface area contributed by atoms with E-state index in [0.29, 0.717) is 12.0 Å². The van der Waals surface area contributed by atoms with E-state index in [2.05, 4.69) is 212 Å². The Morgan fingerprint density at radius 2 is 0.737 bits per heavy atom. The molecule has 5 aliphatic carbocycles. The SMILES string of the molecule is CC(C)CC1CC1.CC(C)CC1CCC1.CC(C)CC1CCCC(C)C1.CC(C)CC1CCCC1.CC(C)CC1CCCCC1.CC(C)CC1CCCO1.CC(C)CC1CCOC1.CC(C)CCc1ccccc1.CC(C)Cc1ccccc1.CC(C)Cc1ccccc1Cl. The van der Waals surface area contributed by atoms with Gasteiger partial charge >= 0.3 is 0 Å². The van der Waals surface area contributed by atoms with Crippen molar-refractivity contribution in [3.05, 3.63) is 107 Å². The van der Waals surface area contributed by atoms with Crippen molar-refractivity contribution in [3.8, 4) is 0 Å². The first-order chi connectivity index (χ1) is 45.2. The number of benzene rings is 3. The molecule has 2 nitrogen and oxygen atoms in total. The van der Waals surface area contributed by atoms with Crippen LogP contribution < -0.4 is 0 Å². The molecule has 0 spiro atoms. The highest BCUT2D eigenvalue weighted by molar-refractivity contribution is 6.31. The van der Waals surface area contributed by atoms with Crippen LogP contribution in [-0.2, 0) is 28.7 Å². The second-order valence-corrected chi connectivity index (χ2v) is 35.9. The van der Waals surface area contributed by atoms with Crippen LogP contribution in [0.5, 0.6) is 0 Å². The van der Waals surface area contributed by atoms with Gasteiger partial charge in [0.25, 0.3) is 0 Å². The van der Waals surface area contributed by atoms with Gasteiger partial charge in [0.15, 0.2) is 0 Å². The molecular weight excluding hydrogens is 1170 g/mol. The van der Waals surface area contributed by atoms with Gasteiger partial charge in [-0.1, -0.05) is 345 Å². The van der Waals surface area contributed by atoms with Crippen LogP contribution in [0.2, 0.25) is 5.02 Å². The maximum absolute atomic E-state index is 5.97. The molecule has 552 valence electrons. The molecule has 4 atom stereocenters. The van der Waals surface area contributed by atoms with E-state index in [1.165, 1.54) is 216 Å². The molecule has 10 rings (SSSR count). The fraction of sp³-hybridized carbons (Fsp3) is 0.804. The Balaban J connectivity index is 0.000000529. The highest BCUT2D eigenvalue weighted by Gasteiger charge is 2.23. The summed E-state index contributed by atoms with van der Waals surface area (Å²) in [5, 5.41) is 0.890. The fourth-order valence-electron chi connectivity index (χ4n) is 14.9. The Morgan fingerprint density at radius 3 is 1.12 bits per heavy atom. The summed E-state index contributed by atoms with van der Waals surface area (Å²) in [6.45, 7) is 51.2. The predicted octanol–water partition coefficient (Wildman–Crippen LogP) is 29.9. The van der Waals surface area contributed by atoms with Gasteiger partial charge in [-0.05, 0) is 220 Å². The Bertz CT molecular complexity index is 2020. The number of rotatable bonds is 21. The highest BCUT2D eigenvalue weighted by Crippen LogP contribution is 2.36. The Hall–Kier alpha value is -2.13. The molecule has 2 heterocycles. The zero-order chi connectivity index (χ0) is 70.8. The number of aryl methyl sites for hydroxylation is 1. The van der Waals surface area contributed by atoms with Gasteiger partial charge in [0.2, 0.25) is 0 Å². The average Bonchev–Trinajstić information content (AvgIpc) is 2.88. The van der Waals surface area contributed by atoms with Gasteiger partial charge < -0.3 is 9.47 Å². The van der Waals surface area contributed by atoms with Crippen LogP contribution in [0.25, 0.3) is 0 Å². The number of hydrogen-bond acceptors (Lipinski definition) is 2. The van der Waals surface area contributed by atoms with Crippen molar-refractivity contribution in [3.63, 3.8) is 0 Å². The van der Waals surface area contributed by atoms with Crippen LogP contribution in [0, 0.1) is 101 Å². The third-order valence-corrected chi connectivity index (χ3v) is 20.1. The Kier molecular flexibility index (Phi) is 55.0. The third-order valence-electron chi connectivity index (χ3n) is 19.7. The molecule has 0 radical (unpaired) electrons. The summed E-state index contributed by atoms with van der Waals surface area (Å²) in [5.74, 6) is 15.8. The first-order valence-electron chi connectivity index (χ1n) is 41.2. The maximum Gasteiger partial charge on any atom is 0.0578 e. The van der Waals surface area contributed by atoms with Crippen LogP contribution in [0.3, 0.4) is 0 Å². The van der Waals surface area contributed by atoms with Crippen molar-refractivity contribution < 1.29 is 9.47 Å². The van der Waals surface area contributed by atoms with Gasteiger partial charge in [0.1, 0.15) is 0 Å². The van der Waals surface area contributed by atoms with Crippen molar-refractivity contribution in [2.24, 2.45) is 101 Å². The lowest BCUT2D eigenvalue weighted by Gasteiger charge is -2.27. The number of ether oxygens (including phenoxy) is 2. The maximum atomic E-state index is 5.97. The molecule has 2 saturated heterocycles. The minimum atomic E-state index is 0.588. The molecule has 4 unspecified atom stereocenters. The third kappa shape index (κ3) is 57.2. The molecule has 0 bridgehead atoms. The molecule has 0 aromatic heterocycles. The first-order valence-corrected chi connectivity index (χ1v) is 41.6. The summed E-state index contributed by atoms with van der Waals surface area (Å²) in [6.07, 6.45) is 46.2. The largest absolute Gasteiger partial charge is 0.381 e. The van der Waals surface area contributed by atoms with E-state index in [-0.39, 0.29) is 0 Å². The second kappa shape index (κ2) is 57.5. The normalized spacial score (nSPS) is 20.3. The fourth-order valence-corrected chi connectivity index (χ4v) is 15.2.